The number of pyridine rings is 1. The maximum atomic E-state index is 12.5. The number of hydroxylamine groups is 1. The second kappa shape index (κ2) is 6.48. The minimum Gasteiger partial charge on any atom is -0.482 e. The molecule has 0 saturated carbocycles. The van der Waals surface area contributed by atoms with E-state index in [4.69, 9.17) is 9.94 Å². The van der Waals surface area contributed by atoms with Gasteiger partial charge in [0.2, 0.25) is 0 Å². The van der Waals surface area contributed by atoms with Crippen LogP contribution in [-0.4, -0.2) is 28.0 Å². The van der Waals surface area contributed by atoms with Gasteiger partial charge in [-0.15, -0.1) is 0 Å². The van der Waals surface area contributed by atoms with E-state index in [-0.39, 0.29) is 24.6 Å². The van der Waals surface area contributed by atoms with Crippen LogP contribution in [0.3, 0.4) is 0 Å². The SMILES string of the molecule is N#Cc1c(CN2C(=O)COc3ccc(C(=O)NO)cc32)cn2ccccc12. The van der Waals surface area contributed by atoms with E-state index in [1.54, 1.807) is 17.7 Å². The molecule has 0 radical (unpaired) electrons. The van der Waals surface area contributed by atoms with Crippen molar-refractivity contribution in [3.05, 3.63) is 65.5 Å². The summed E-state index contributed by atoms with van der Waals surface area (Å²) >= 11 is 0. The molecule has 0 bridgehead atoms. The Morgan fingerprint density at radius 1 is 1.33 bits per heavy atom. The molecule has 1 aliphatic heterocycles. The van der Waals surface area contributed by atoms with E-state index < -0.39 is 5.91 Å². The highest BCUT2D eigenvalue weighted by molar-refractivity contribution is 6.01. The Kier molecular flexibility index (Phi) is 3.99. The lowest BCUT2D eigenvalue weighted by atomic mass is 10.1. The molecule has 0 fully saturated rings. The van der Waals surface area contributed by atoms with Crippen LogP contribution in [0.2, 0.25) is 0 Å². The van der Waals surface area contributed by atoms with Gasteiger partial charge in [-0.2, -0.15) is 5.26 Å². The standard InChI is InChI=1S/C19H14N4O4/c20-8-14-13(9-22-6-2-1-3-15(14)22)10-23-16-7-12(19(25)21-26)4-5-17(16)27-11-18(23)24/h1-7,9,26H,10-11H2,(H,21,25). The normalized spacial score (nSPS) is 13.0. The fraction of sp³-hybridized carbons (Fsp3) is 0.105. The molecular formula is C19H14N4O4. The summed E-state index contributed by atoms with van der Waals surface area (Å²) < 4.78 is 7.26. The van der Waals surface area contributed by atoms with E-state index in [1.165, 1.54) is 17.0 Å². The Morgan fingerprint density at radius 2 is 2.19 bits per heavy atom. The van der Waals surface area contributed by atoms with Gasteiger partial charge in [0.05, 0.1) is 23.3 Å². The molecule has 3 heterocycles. The number of ether oxygens (including phenoxy) is 1. The number of hydrogen-bond acceptors (Lipinski definition) is 5. The Hall–Kier alpha value is -3.83. The number of amides is 2. The second-order valence-corrected chi connectivity index (χ2v) is 6.03. The first-order valence-electron chi connectivity index (χ1n) is 8.12. The minimum atomic E-state index is -0.692. The summed E-state index contributed by atoms with van der Waals surface area (Å²) in [5.74, 6) is -0.530. The number of carbonyl (C=O) groups is 2. The van der Waals surface area contributed by atoms with Crippen LogP contribution in [0.4, 0.5) is 5.69 Å². The third-order valence-corrected chi connectivity index (χ3v) is 4.47. The Labute approximate surface area is 153 Å². The highest BCUT2D eigenvalue weighted by Crippen LogP contribution is 2.34. The topological polar surface area (TPSA) is 107 Å². The van der Waals surface area contributed by atoms with Gasteiger partial charge in [-0.1, -0.05) is 6.07 Å². The Bertz CT molecular complexity index is 1110. The number of benzene rings is 1. The maximum Gasteiger partial charge on any atom is 0.274 e. The molecule has 0 unspecified atom stereocenters. The Morgan fingerprint density at radius 3 is 2.96 bits per heavy atom. The van der Waals surface area contributed by atoms with Crippen molar-refractivity contribution in [1.82, 2.24) is 9.88 Å². The van der Waals surface area contributed by atoms with Gasteiger partial charge in [0.25, 0.3) is 11.8 Å². The molecule has 134 valence electrons. The van der Waals surface area contributed by atoms with Crippen LogP contribution in [0.5, 0.6) is 5.75 Å². The molecule has 0 aliphatic carbocycles. The van der Waals surface area contributed by atoms with Crippen molar-refractivity contribution < 1.29 is 19.5 Å². The third kappa shape index (κ3) is 2.76. The van der Waals surface area contributed by atoms with Gasteiger partial charge >= 0.3 is 0 Å². The molecular weight excluding hydrogens is 348 g/mol. The lowest BCUT2D eigenvalue weighted by molar-refractivity contribution is -0.121. The molecule has 1 aliphatic rings. The molecule has 2 aromatic heterocycles. The molecule has 3 aromatic rings. The first-order valence-corrected chi connectivity index (χ1v) is 8.12. The van der Waals surface area contributed by atoms with E-state index in [2.05, 4.69) is 6.07 Å². The molecule has 0 saturated heterocycles. The summed E-state index contributed by atoms with van der Waals surface area (Å²) in [7, 11) is 0. The number of rotatable bonds is 3. The summed E-state index contributed by atoms with van der Waals surface area (Å²) in [6, 6.07) is 12.3. The quantitative estimate of drug-likeness (QED) is 0.546. The summed E-state index contributed by atoms with van der Waals surface area (Å²) in [4.78, 5) is 25.7. The summed E-state index contributed by atoms with van der Waals surface area (Å²) in [6.07, 6.45) is 3.64. The van der Waals surface area contributed by atoms with Crippen molar-refractivity contribution in [3.8, 4) is 11.8 Å². The summed E-state index contributed by atoms with van der Waals surface area (Å²) in [5, 5.41) is 18.4. The number of anilines is 1. The van der Waals surface area contributed by atoms with Crippen molar-refractivity contribution in [2.75, 3.05) is 11.5 Å². The Balaban J connectivity index is 1.78. The fourth-order valence-electron chi connectivity index (χ4n) is 3.18. The van der Waals surface area contributed by atoms with Crippen molar-refractivity contribution in [1.29, 1.82) is 5.26 Å². The van der Waals surface area contributed by atoms with Crippen molar-refractivity contribution >= 4 is 23.0 Å². The smallest absolute Gasteiger partial charge is 0.274 e. The van der Waals surface area contributed by atoms with Gasteiger partial charge in [-0.3, -0.25) is 14.8 Å². The van der Waals surface area contributed by atoms with Gasteiger partial charge in [0.15, 0.2) is 6.61 Å². The molecule has 2 amide bonds. The van der Waals surface area contributed by atoms with E-state index in [1.807, 2.05) is 28.8 Å². The fourth-order valence-corrected chi connectivity index (χ4v) is 3.18. The molecule has 0 atom stereocenters. The molecule has 27 heavy (non-hydrogen) atoms. The first-order chi connectivity index (χ1) is 13.1. The lowest BCUT2D eigenvalue weighted by Gasteiger charge is -2.29. The number of fused-ring (bicyclic) bond motifs is 2. The number of aromatic nitrogens is 1. The molecule has 4 rings (SSSR count). The predicted octanol–water partition coefficient (Wildman–Crippen LogP) is 1.86. The van der Waals surface area contributed by atoms with E-state index in [0.717, 1.165) is 5.52 Å². The number of hydrogen-bond donors (Lipinski definition) is 2. The van der Waals surface area contributed by atoms with Crippen molar-refractivity contribution in [2.24, 2.45) is 0 Å². The van der Waals surface area contributed by atoms with Crippen LogP contribution < -0.4 is 15.1 Å². The summed E-state index contributed by atoms with van der Waals surface area (Å²) in [6.45, 7) is 0.0256. The molecule has 8 nitrogen and oxygen atoms in total. The molecule has 1 aromatic carbocycles. The zero-order valence-electron chi connectivity index (χ0n) is 14.0. The van der Waals surface area contributed by atoms with E-state index >= 15 is 0 Å². The van der Waals surface area contributed by atoms with Crippen LogP contribution in [0.15, 0.2) is 48.8 Å². The van der Waals surface area contributed by atoms with Gasteiger partial charge < -0.3 is 14.0 Å². The van der Waals surface area contributed by atoms with Gasteiger partial charge in [-0.05, 0) is 30.3 Å². The lowest BCUT2D eigenvalue weighted by Crippen LogP contribution is -2.38. The maximum absolute atomic E-state index is 12.5. The number of nitriles is 1. The van der Waals surface area contributed by atoms with Crippen molar-refractivity contribution in [3.63, 3.8) is 0 Å². The van der Waals surface area contributed by atoms with Gasteiger partial charge in [0.1, 0.15) is 11.8 Å². The monoisotopic (exact) mass is 362 g/mol. The highest BCUT2D eigenvalue weighted by Gasteiger charge is 2.28. The zero-order chi connectivity index (χ0) is 19.0. The van der Waals surface area contributed by atoms with Crippen LogP contribution in [0.1, 0.15) is 21.5 Å². The van der Waals surface area contributed by atoms with Crippen LogP contribution >= 0.6 is 0 Å². The minimum absolute atomic E-state index is 0.131. The van der Waals surface area contributed by atoms with Crippen LogP contribution in [-0.2, 0) is 11.3 Å². The number of nitrogens with zero attached hydrogens (tertiary/aromatic N) is 3. The molecule has 2 N–H and O–H groups in total. The molecule has 0 spiro atoms. The summed E-state index contributed by atoms with van der Waals surface area (Å²) in [5.41, 5.74) is 4.08. The average molecular weight is 362 g/mol. The van der Waals surface area contributed by atoms with Crippen molar-refractivity contribution in [2.45, 2.75) is 6.54 Å². The highest BCUT2D eigenvalue weighted by atomic mass is 16.5. The van der Waals surface area contributed by atoms with E-state index in [9.17, 15) is 14.9 Å². The van der Waals surface area contributed by atoms with Crippen LogP contribution in [0, 0.1) is 11.3 Å². The number of carbonyl (C=O) groups excluding carboxylic acids is 2. The third-order valence-electron chi connectivity index (χ3n) is 4.47. The average Bonchev–Trinajstić information content (AvgIpc) is 3.06. The second-order valence-electron chi connectivity index (χ2n) is 6.03. The molecule has 8 heteroatoms. The van der Waals surface area contributed by atoms with Gasteiger partial charge in [-0.25, -0.2) is 5.48 Å². The first kappa shape index (κ1) is 16.6. The number of nitrogens with one attached hydrogen (secondary N) is 1. The largest absolute Gasteiger partial charge is 0.482 e. The van der Waals surface area contributed by atoms with E-state index in [0.29, 0.717) is 22.6 Å². The van der Waals surface area contributed by atoms with Gasteiger partial charge in [0, 0.05) is 23.5 Å². The zero-order valence-corrected chi connectivity index (χ0v) is 14.0. The van der Waals surface area contributed by atoms with Crippen LogP contribution in [0.25, 0.3) is 5.52 Å². The predicted molar refractivity (Wildman–Crippen MR) is 94.5 cm³/mol.